The normalized spacial score (nSPS) is 15.0. The summed E-state index contributed by atoms with van der Waals surface area (Å²) < 4.78 is 17.1. The summed E-state index contributed by atoms with van der Waals surface area (Å²) in [6, 6.07) is 10.7. The van der Waals surface area contributed by atoms with E-state index in [1.807, 2.05) is 13.0 Å². The van der Waals surface area contributed by atoms with Crippen molar-refractivity contribution in [3.63, 3.8) is 0 Å². The van der Waals surface area contributed by atoms with E-state index in [1.54, 1.807) is 43.5 Å². The lowest BCUT2D eigenvalue weighted by atomic mass is 10.1. The lowest BCUT2D eigenvalue weighted by Gasteiger charge is -2.12. The highest BCUT2D eigenvalue weighted by atomic mass is 127. The molecule has 0 saturated carbocycles. The Balaban J connectivity index is 1.98. The number of cyclic esters (lactones) is 1. The fourth-order valence-electron chi connectivity index (χ4n) is 2.42. The molecule has 2 aromatic rings. The van der Waals surface area contributed by atoms with E-state index in [1.165, 1.54) is 0 Å². The van der Waals surface area contributed by atoms with Crippen molar-refractivity contribution < 1.29 is 19.0 Å². The van der Waals surface area contributed by atoms with Gasteiger partial charge in [0.25, 0.3) is 0 Å². The second-order valence-electron chi connectivity index (χ2n) is 5.28. The summed E-state index contributed by atoms with van der Waals surface area (Å²) in [7, 11) is 1.57. The van der Waals surface area contributed by atoms with Crippen molar-refractivity contribution in [3.8, 4) is 11.5 Å². The molecule has 5 nitrogen and oxygen atoms in total. The Kier molecular flexibility index (Phi) is 5.83. The zero-order valence-corrected chi connectivity index (χ0v) is 17.0. The van der Waals surface area contributed by atoms with Crippen LogP contribution < -0.4 is 9.47 Å². The fraction of sp³-hybridized carbons (Fsp3) is 0.158. The van der Waals surface area contributed by atoms with Crippen molar-refractivity contribution in [2.24, 2.45) is 4.99 Å². The zero-order chi connectivity index (χ0) is 18.7. The highest BCUT2D eigenvalue weighted by molar-refractivity contribution is 14.1. The molecule has 2 aromatic carbocycles. The van der Waals surface area contributed by atoms with Crippen molar-refractivity contribution >= 4 is 52.1 Å². The molecule has 1 aliphatic heterocycles. The number of ether oxygens (including phenoxy) is 3. The van der Waals surface area contributed by atoms with Crippen molar-refractivity contribution in [3.05, 3.63) is 61.8 Å². The standard InChI is InChI=1S/C19H15ClINO4/c1-3-25-17-14(21)8-11(10-16(17)24-2)9-15-19(23)26-18(22-15)12-6-4-5-7-13(12)20/h4-10H,3H2,1-2H3/b15-9+. The molecule has 0 bridgehead atoms. The maximum atomic E-state index is 12.2. The van der Waals surface area contributed by atoms with Crippen LogP contribution in [0.3, 0.4) is 0 Å². The molecular weight excluding hydrogens is 469 g/mol. The first-order chi connectivity index (χ1) is 12.5. The third kappa shape index (κ3) is 3.86. The van der Waals surface area contributed by atoms with Crippen LogP contribution in [0.4, 0.5) is 0 Å². The lowest BCUT2D eigenvalue weighted by Crippen LogP contribution is -2.05. The highest BCUT2D eigenvalue weighted by Gasteiger charge is 2.25. The second kappa shape index (κ2) is 8.09. The molecule has 0 amide bonds. The van der Waals surface area contributed by atoms with Crippen LogP contribution in [-0.2, 0) is 9.53 Å². The van der Waals surface area contributed by atoms with Crippen LogP contribution in [-0.4, -0.2) is 25.6 Å². The molecule has 1 aliphatic rings. The summed E-state index contributed by atoms with van der Waals surface area (Å²) in [6.45, 7) is 2.44. The van der Waals surface area contributed by atoms with E-state index in [0.29, 0.717) is 28.7 Å². The summed E-state index contributed by atoms with van der Waals surface area (Å²) >= 11 is 8.31. The van der Waals surface area contributed by atoms with Crippen LogP contribution in [0.5, 0.6) is 11.5 Å². The first kappa shape index (κ1) is 18.7. The summed E-state index contributed by atoms with van der Waals surface area (Å²) in [5, 5.41) is 0.470. The van der Waals surface area contributed by atoms with E-state index in [0.717, 1.165) is 9.13 Å². The van der Waals surface area contributed by atoms with Crippen LogP contribution in [0, 0.1) is 3.57 Å². The number of esters is 1. The van der Waals surface area contributed by atoms with Gasteiger partial charge < -0.3 is 14.2 Å². The van der Waals surface area contributed by atoms with Gasteiger partial charge in [0.05, 0.1) is 27.9 Å². The van der Waals surface area contributed by atoms with Gasteiger partial charge in [0.1, 0.15) is 0 Å². The Hall–Kier alpha value is -2.06. The molecule has 0 radical (unpaired) electrons. The minimum atomic E-state index is -0.525. The SMILES string of the molecule is CCOc1c(I)cc(/C=C2/N=C(c3ccccc3Cl)OC2=O)cc1OC. The van der Waals surface area contributed by atoms with Gasteiger partial charge in [-0.25, -0.2) is 9.79 Å². The van der Waals surface area contributed by atoms with Crippen LogP contribution >= 0.6 is 34.2 Å². The number of methoxy groups -OCH3 is 1. The number of hydrogen-bond donors (Lipinski definition) is 0. The molecule has 0 N–H and O–H groups in total. The quantitative estimate of drug-likeness (QED) is 0.352. The summed E-state index contributed by atoms with van der Waals surface area (Å²) in [4.78, 5) is 16.5. The van der Waals surface area contributed by atoms with Gasteiger partial charge in [-0.05, 0) is 65.4 Å². The predicted octanol–water partition coefficient (Wildman–Crippen LogP) is 4.70. The van der Waals surface area contributed by atoms with Gasteiger partial charge in [0.2, 0.25) is 5.90 Å². The number of benzene rings is 2. The molecule has 134 valence electrons. The maximum absolute atomic E-state index is 12.2. The molecule has 26 heavy (non-hydrogen) atoms. The van der Waals surface area contributed by atoms with Gasteiger partial charge in [0, 0.05) is 0 Å². The molecule has 1 heterocycles. The van der Waals surface area contributed by atoms with Gasteiger partial charge in [-0.3, -0.25) is 0 Å². The topological polar surface area (TPSA) is 57.1 Å². The van der Waals surface area contributed by atoms with E-state index in [4.69, 9.17) is 25.8 Å². The Morgan fingerprint density at radius 3 is 2.77 bits per heavy atom. The van der Waals surface area contributed by atoms with Crippen LogP contribution in [0.1, 0.15) is 18.1 Å². The average molecular weight is 484 g/mol. The Morgan fingerprint density at radius 2 is 2.08 bits per heavy atom. The van der Waals surface area contributed by atoms with E-state index >= 15 is 0 Å². The first-order valence-corrected chi connectivity index (χ1v) is 9.27. The summed E-state index contributed by atoms with van der Waals surface area (Å²) in [6.07, 6.45) is 1.65. The third-order valence-corrected chi connectivity index (χ3v) is 4.70. The van der Waals surface area contributed by atoms with Gasteiger partial charge in [-0.15, -0.1) is 0 Å². The third-order valence-electron chi connectivity index (χ3n) is 3.57. The minimum Gasteiger partial charge on any atom is -0.493 e. The second-order valence-corrected chi connectivity index (χ2v) is 6.85. The largest absolute Gasteiger partial charge is 0.493 e. The molecule has 0 saturated heterocycles. The first-order valence-electron chi connectivity index (χ1n) is 7.81. The number of carbonyl (C=O) groups is 1. The molecular formula is C19H15ClINO4. The van der Waals surface area contributed by atoms with Crippen LogP contribution in [0.2, 0.25) is 5.02 Å². The molecule has 0 spiro atoms. The molecule has 0 aromatic heterocycles. The Morgan fingerprint density at radius 1 is 1.31 bits per heavy atom. The number of rotatable bonds is 5. The predicted molar refractivity (Wildman–Crippen MR) is 109 cm³/mol. The minimum absolute atomic E-state index is 0.194. The lowest BCUT2D eigenvalue weighted by molar-refractivity contribution is -0.129. The molecule has 0 unspecified atom stereocenters. The number of nitrogens with zero attached hydrogens (tertiary/aromatic N) is 1. The number of aliphatic imine (C=N–C) groups is 1. The fourth-order valence-corrected chi connectivity index (χ4v) is 3.42. The summed E-state index contributed by atoms with van der Waals surface area (Å²) in [5.74, 6) is 0.932. The van der Waals surface area contributed by atoms with Gasteiger partial charge in [-0.1, -0.05) is 23.7 Å². The smallest absolute Gasteiger partial charge is 0.363 e. The summed E-state index contributed by atoms with van der Waals surface area (Å²) in [5.41, 5.74) is 1.53. The van der Waals surface area contributed by atoms with Crippen molar-refractivity contribution in [2.75, 3.05) is 13.7 Å². The van der Waals surface area contributed by atoms with Gasteiger partial charge in [0.15, 0.2) is 17.2 Å². The Labute approximate surface area is 169 Å². The van der Waals surface area contributed by atoms with E-state index in [9.17, 15) is 4.79 Å². The molecule has 0 atom stereocenters. The van der Waals surface area contributed by atoms with Crippen LogP contribution in [0.25, 0.3) is 6.08 Å². The monoisotopic (exact) mass is 483 g/mol. The Bertz CT molecular complexity index is 924. The highest BCUT2D eigenvalue weighted by Crippen LogP contribution is 2.35. The van der Waals surface area contributed by atoms with E-state index < -0.39 is 5.97 Å². The molecule has 0 aliphatic carbocycles. The van der Waals surface area contributed by atoms with Crippen molar-refractivity contribution in [1.82, 2.24) is 0 Å². The zero-order valence-electron chi connectivity index (χ0n) is 14.1. The maximum Gasteiger partial charge on any atom is 0.363 e. The number of carbonyl (C=O) groups excluding carboxylic acids is 1. The molecule has 7 heteroatoms. The van der Waals surface area contributed by atoms with Crippen molar-refractivity contribution in [1.29, 1.82) is 0 Å². The van der Waals surface area contributed by atoms with Crippen molar-refractivity contribution in [2.45, 2.75) is 6.92 Å². The van der Waals surface area contributed by atoms with E-state index in [2.05, 4.69) is 27.6 Å². The van der Waals surface area contributed by atoms with Gasteiger partial charge in [-0.2, -0.15) is 0 Å². The van der Waals surface area contributed by atoms with E-state index in [-0.39, 0.29) is 11.6 Å². The average Bonchev–Trinajstić information content (AvgIpc) is 2.98. The molecule has 3 rings (SSSR count). The molecule has 0 fully saturated rings. The number of halogens is 2. The van der Waals surface area contributed by atoms with Crippen LogP contribution in [0.15, 0.2) is 47.1 Å². The van der Waals surface area contributed by atoms with Gasteiger partial charge >= 0.3 is 5.97 Å². The number of hydrogen-bond acceptors (Lipinski definition) is 5.